The molecule has 0 aromatic heterocycles. The summed E-state index contributed by atoms with van der Waals surface area (Å²) in [5, 5.41) is 0. The van der Waals surface area contributed by atoms with Gasteiger partial charge in [0.25, 0.3) is 0 Å². The molecule has 23 heavy (non-hydrogen) atoms. The van der Waals surface area contributed by atoms with Gasteiger partial charge in [-0.2, -0.15) is 0 Å². The molecule has 0 unspecified atom stereocenters. The lowest BCUT2D eigenvalue weighted by molar-refractivity contribution is 0.531. The molecule has 0 N–H and O–H groups in total. The van der Waals surface area contributed by atoms with E-state index in [4.69, 9.17) is 0 Å². The molecule has 0 radical (unpaired) electrons. The number of hydrogen-bond donors (Lipinski definition) is 0. The van der Waals surface area contributed by atoms with Crippen molar-refractivity contribution >= 4 is 23.5 Å². The van der Waals surface area contributed by atoms with Crippen LogP contribution < -0.4 is 0 Å². The Labute approximate surface area is 155 Å². The smallest absolute Gasteiger partial charge is 0.0502 e. The Hall–Kier alpha value is 0.700. The molecule has 0 aliphatic carbocycles. The Kier molecular flexibility index (Phi) is 16.6. The van der Waals surface area contributed by atoms with Gasteiger partial charge in [-0.25, -0.2) is 0 Å². The van der Waals surface area contributed by atoms with Crippen LogP contribution in [0.4, 0.5) is 0 Å². The highest BCUT2D eigenvalue weighted by atomic mass is 32.2. The average Bonchev–Trinajstić information content (AvgIpc) is 2.59. The van der Waals surface area contributed by atoms with Crippen LogP contribution in [0.15, 0.2) is 0 Å². The van der Waals surface area contributed by atoms with Crippen molar-refractivity contribution in [3.8, 4) is 0 Å². The molecule has 0 atom stereocenters. The van der Waals surface area contributed by atoms with Crippen LogP contribution in [0.25, 0.3) is 0 Å². The molecule has 0 saturated carbocycles. The average molecular weight is 359 g/mol. The first-order valence-electron chi connectivity index (χ1n) is 10.7. The fourth-order valence-electron chi connectivity index (χ4n) is 3.39. The second-order valence-electron chi connectivity index (χ2n) is 7.26. The molecule has 2 heteroatoms. The minimum absolute atomic E-state index is 0.936. The van der Waals surface area contributed by atoms with E-state index in [0.717, 1.165) is 4.58 Å². The number of thioether (sulfide) groups is 2. The van der Waals surface area contributed by atoms with Crippen molar-refractivity contribution in [2.45, 2.75) is 121 Å². The van der Waals surface area contributed by atoms with Gasteiger partial charge in [0.1, 0.15) is 0 Å². The van der Waals surface area contributed by atoms with Crippen molar-refractivity contribution in [1.82, 2.24) is 0 Å². The molecule has 1 aliphatic heterocycles. The summed E-state index contributed by atoms with van der Waals surface area (Å²) in [6.45, 7) is 2.30. The zero-order chi connectivity index (χ0) is 16.4. The molecule has 1 heterocycles. The quantitative estimate of drug-likeness (QED) is 0.254. The van der Waals surface area contributed by atoms with Gasteiger partial charge in [0.05, 0.1) is 4.58 Å². The largest absolute Gasteiger partial charge is 0.148 e. The summed E-state index contributed by atoms with van der Waals surface area (Å²) in [7, 11) is 0. The molecule has 0 aromatic rings. The van der Waals surface area contributed by atoms with Crippen LogP contribution in [0.1, 0.15) is 116 Å². The normalized spacial score (nSPS) is 16.0. The van der Waals surface area contributed by atoms with Gasteiger partial charge >= 0.3 is 0 Å². The Balaban J connectivity index is 1.67. The summed E-state index contributed by atoms with van der Waals surface area (Å²) in [6, 6.07) is 0. The summed E-state index contributed by atoms with van der Waals surface area (Å²) >= 11 is 4.43. The van der Waals surface area contributed by atoms with Crippen LogP contribution in [0.2, 0.25) is 0 Å². The monoisotopic (exact) mass is 358 g/mol. The minimum atomic E-state index is 0.936. The maximum absolute atomic E-state index is 2.30. The highest BCUT2D eigenvalue weighted by molar-refractivity contribution is 8.17. The van der Waals surface area contributed by atoms with Gasteiger partial charge in [-0.3, -0.25) is 0 Å². The van der Waals surface area contributed by atoms with Crippen LogP contribution in [0.5, 0.6) is 0 Å². The van der Waals surface area contributed by atoms with E-state index in [1.807, 2.05) is 0 Å². The molecule has 0 amide bonds. The SMILES string of the molecule is CCCCCCCCCCCCCCCCCC1SCCCS1. The van der Waals surface area contributed by atoms with Gasteiger partial charge in [0, 0.05) is 0 Å². The van der Waals surface area contributed by atoms with E-state index in [1.165, 1.54) is 121 Å². The number of rotatable bonds is 16. The molecule has 138 valence electrons. The van der Waals surface area contributed by atoms with E-state index in [2.05, 4.69) is 30.4 Å². The van der Waals surface area contributed by atoms with Crippen LogP contribution in [0.3, 0.4) is 0 Å². The summed E-state index contributed by atoms with van der Waals surface area (Å²) < 4.78 is 0.936. The molecule has 1 rings (SSSR count). The Bertz CT molecular complexity index is 224. The standard InChI is InChI=1S/C21H42S2/c1-2-3-4-5-6-7-8-9-10-11-12-13-14-15-16-18-21-22-19-17-20-23-21/h21H,2-20H2,1H3. The van der Waals surface area contributed by atoms with Crippen molar-refractivity contribution in [1.29, 1.82) is 0 Å². The van der Waals surface area contributed by atoms with Gasteiger partial charge in [0.15, 0.2) is 0 Å². The third-order valence-electron chi connectivity index (χ3n) is 4.94. The molecule has 0 nitrogen and oxygen atoms in total. The highest BCUT2D eigenvalue weighted by Crippen LogP contribution is 2.34. The highest BCUT2D eigenvalue weighted by Gasteiger charge is 2.13. The third-order valence-corrected chi connectivity index (χ3v) is 8.02. The maximum atomic E-state index is 2.30. The predicted octanol–water partition coefficient (Wildman–Crippen LogP) is 8.44. The first-order chi connectivity index (χ1) is 11.4. The van der Waals surface area contributed by atoms with Crippen LogP contribution in [-0.4, -0.2) is 16.1 Å². The van der Waals surface area contributed by atoms with E-state index in [1.54, 1.807) is 0 Å². The van der Waals surface area contributed by atoms with Crippen molar-refractivity contribution in [3.63, 3.8) is 0 Å². The molecule has 1 fully saturated rings. The van der Waals surface area contributed by atoms with E-state index in [0.29, 0.717) is 0 Å². The lowest BCUT2D eigenvalue weighted by Gasteiger charge is -2.20. The third kappa shape index (κ3) is 14.7. The van der Waals surface area contributed by atoms with Gasteiger partial charge in [-0.05, 0) is 24.3 Å². The first kappa shape index (κ1) is 21.7. The first-order valence-corrected chi connectivity index (χ1v) is 12.8. The summed E-state index contributed by atoms with van der Waals surface area (Å²) in [4.78, 5) is 0. The molecule has 1 aliphatic rings. The molecular formula is C21H42S2. The molecule has 0 aromatic carbocycles. The lowest BCUT2D eigenvalue weighted by Crippen LogP contribution is -2.06. The summed E-state index contributed by atoms with van der Waals surface area (Å²) in [5.74, 6) is 2.83. The maximum Gasteiger partial charge on any atom is 0.0502 e. The van der Waals surface area contributed by atoms with Crippen LogP contribution >= 0.6 is 23.5 Å². The minimum Gasteiger partial charge on any atom is -0.148 e. The van der Waals surface area contributed by atoms with E-state index >= 15 is 0 Å². The van der Waals surface area contributed by atoms with Crippen molar-refractivity contribution in [3.05, 3.63) is 0 Å². The predicted molar refractivity (Wildman–Crippen MR) is 113 cm³/mol. The Morgan fingerprint density at radius 2 is 0.957 bits per heavy atom. The van der Waals surface area contributed by atoms with Gasteiger partial charge in [-0.1, -0.05) is 103 Å². The fraction of sp³-hybridized carbons (Fsp3) is 1.00. The van der Waals surface area contributed by atoms with E-state index in [9.17, 15) is 0 Å². The Morgan fingerprint density at radius 3 is 1.39 bits per heavy atom. The lowest BCUT2D eigenvalue weighted by atomic mass is 10.0. The molecule has 0 spiro atoms. The summed E-state index contributed by atoms with van der Waals surface area (Å²) in [6.07, 6.45) is 25.0. The fourth-order valence-corrected chi connectivity index (χ4v) is 6.35. The zero-order valence-corrected chi connectivity index (χ0v) is 17.5. The second kappa shape index (κ2) is 17.5. The van der Waals surface area contributed by atoms with Gasteiger partial charge in [-0.15, -0.1) is 23.5 Å². The van der Waals surface area contributed by atoms with Gasteiger partial charge in [0.2, 0.25) is 0 Å². The number of hydrogen-bond acceptors (Lipinski definition) is 2. The molecule has 1 saturated heterocycles. The van der Waals surface area contributed by atoms with Crippen molar-refractivity contribution < 1.29 is 0 Å². The van der Waals surface area contributed by atoms with Crippen molar-refractivity contribution in [2.24, 2.45) is 0 Å². The Morgan fingerprint density at radius 1 is 0.565 bits per heavy atom. The zero-order valence-electron chi connectivity index (χ0n) is 15.8. The molecular weight excluding hydrogens is 316 g/mol. The van der Waals surface area contributed by atoms with Gasteiger partial charge < -0.3 is 0 Å². The van der Waals surface area contributed by atoms with E-state index in [-0.39, 0.29) is 0 Å². The number of unbranched alkanes of at least 4 members (excludes halogenated alkanes) is 14. The second-order valence-corrected chi connectivity index (χ2v) is 10.2. The van der Waals surface area contributed by atoms with Crippen LogP contribution in [-0.2, 0) is 0 Å². The molecule has 0 bridgehead atoms. The summed E-state index contributed by atoms with van der Waals surface area (Å²) in [5.41, 5.74) is 0. The van der Waals surface area contributed by atoms with Crippen molar-refractivity contribution in [2.75, 3.05) is 11.5 Å². The van der Waals surface area contributed by atoms with E-state index < -0.39 is 0 Å². The topological polar surface area (TPSA) is 0 Å². The van der Waals surface area contributed by atoms with Crippen LogP contribution in [0, 0.1) is 0 Å².